The Bertz CT molecular complexity index is 884. The monoisotopic (exact) mass is 398 g/mol. The lowest BCUT2D eigenvalue weighted by atomic mass is 9.96. The number of likely N-dealkylation sites (N-methyl/N-ethyl adjacent to an activating group) is 1. The number of carbonyl (C=O) groups excluding carboxylic acids is 1. The van der Waals surface area contributed by atoms with E-state index in [1.165, 1.54) is 24.8 Å². The molecule has 2 amide bonds. The van der Waals surface area contributed by atoms with E-state index >= 15 is 0 Å². The largest absolute Gasteiger partial charge is 0.335 e. The summed E-state index contributed by atoms with van der Waals surface area (Å²) < 4.78 is 0. The van der Waals surface area contributed by atoms with Crippen molar-refractivity contribution in [1.29, 1.82) is 0 Å². The maximum absolute atomic E-state index is 13.0. The molecule has 2 N–H and O–H groups in total. The molecule has 1 aromatic carbocycles. The Labute approximate surface area is 173 Å². The van der Waals surface area contributed by atoms with Crippen LogP contribution < -0.4 is 10.9 Å². The van der Waals surface area contributed by atoms with Crippen molar-refractivity contribution in [2.75, 3.05) is 27.2 Å². The molecular weight excluding hydrogens is 364 g/mol. The van der Waals surface area contributed by atoms with Gasteiger partial charge in [-0.1, -0.05) is 32.3 Å². The van der Waals surface area contributed by atoms with Gasteiger partial charge < -0.3 is 20.1 Å². The van der Waals surface area contributed by atoms with Gasteiger partial charge in [0.25, 0.3) is 5.56 Å². The van der Waals surface area contributed by atoms with Crippen molar-refractivity contribution in [2.45, 2.75) is 58.0 Å². The molecule has 0 bridgehead atoms. The molecule has 2 aromatic rings. The van der Waals surface area contributed by atoms with Gasteiger partial charge >= 0.3 is 6.03 Å². The van der Waals surface area contributed by atoms with Gasteiger partial charge in [-0.25, -0.2) is 4.79 Å². The summed E-state index contributed by atoms with van der Waals surface area (Å²) in [7, 11) is 3.98. The number of nitrogens with zero attached hydrogens (tertiary/aromatic N) is 2. The molecule has 0 radical (unpaired) electrons. The molecule has 0 aliphatic heterocycles. The molecule has 1 heterocycles. The Morgan fingerprint density at radius 2 is 1.90 bits per heavy atom. The number of aromatic amines is 1. The van der Waals surface area contributed by atoms with E-state index in [0.717, 1.165) is 36.7 Å². The minimum atomic E-state index is -0.123. The number of carbonyl (C=O) groups is 1. The first kappa shape index (κ1) is 21.4. The van der Waals surface area contributed by atoms with Gasteiger partial charge in [0.2, 0.25) is 0 Å². The summed E-state index contributed by atoms with van der Waals surface area (Å²) in [5, 5.41) is 4.21. The van der Waals surface area contributed by atoms with Gasteiger partial charge in [-0.15, -0.1) is 0 Å². The first-order valence-electron chi connectivity index (χ1n) is 10.8. The molecular formula is C23H34N4O2. The summed E-state index contributed by atoms with van der Waals surface area (Å²) in [4.78, 5) is 32.4. The Hall–Kier alpha value is -2.34. The topological polar surface area (TPSA) is 68.4 Å². The van der Waals surface area contributed by atoms with Crippen molar-refractivity contribution >= 4 is 16.9 Å². The van der Waals surface area contributed by atoms with E-state index in [0.29, 0.717) is 18.7 Å². The van der Waals surface area contributed by atoms with Crippen molar-refractivity contribution in [3.8, 4) is 0 Å². The highest BCUT2D eigenvalue weighted by atomic mass is 16.2. The van der Waals surface area contributed by atoms with Crippen LogP contribution in [-0.4, -0.2) is 54.0 Å². The summed E-state index contributed by atoms with van der Waals surface area (Å²) in [6.45, 7) is 3.77. The fourth-order valence-corrected chi connectivity index (χ4v) is 3.93. The number of urea groups is 1. The van der Waals surface area contributed by atoms with Gasteiger partial charge in [0.15, 0.2) is 0 Å². The van der Waals surface area contributed by atoms with E-state index < -0.39 is 0 Å². The van der Waals surface area contributed by atoms with Crippen LogP contribution in [0.5, 0.6) is 0 Å². The minimum absolute atomic E-state index is 0.0689. The lowest BCUT2D eigenvalue weighted by Gasteiger charge is -2.29. The number of rotatable bonds is 7. The average molecular weight is 399 g/mol. The predicted octanol–water partition coefficient (Wildman–Crippen LogP) is 3.50. The fraction of sp³-hybridized carbons (Fsp3) is 0.565. The van der Waals surface area contributed by atoms with Gasteiger partial charge in [-0.2, -0.15) is 0 Å². The zero-order valence-electron chi connectivity index (χ0n) is 18.0. The number of nitrogens with one attached hydrogen (secondary N) is 2. The third-order valence-electron chi connectivity index (χ3n) is 5.79. The van der Waals surface area contributed by atoms with E-state index in [9.17, 15) is 9.59 Å². The number of H-pyrrole nitrogens is 1. The van der Waals surface area contributed by atoms with Crippen molar-refractivity contribution in [1.82, 2.24) is 20.1 Å². The summed E-state index contributed by atoms with van der Waals surface area (Å²) >= 11 is 0. The molecule has 158 valence electrons. The zero-order valence-corrected chi connectivity index (χ0v) is 18.0. The Balaban J connectivity index is 1.80. The van der Waals surface area contributed by atoms with Crippen LogP contribution in [0.3, 0.4) is 0 Å². The van der Waals surface area contributed by atoms with Crippen LogP contribution >= 0.6 is 0 Å². The number of hydrogen-bond donors (Lipinski definition) is 2. The number of aromatic nitrogens is 1. The molecule has 6 nitrogen and oxygen atoms in total. The highest BCUT2D eigenvalue weighted by Crippen LogP contribution is 2.18. The quantitative estimate of drug-likeness (QED) is 0.750. The number of hydrogen-bond acceptors (Lipinski definition) is 3. The number of amides is 2. The van der Waals surface area contributed by atoms with Crippen molar-refractivity contribution < 1.29 is 4.79 Å². The third kappa shape index (κ3) is 5.82. The third-order valence-corrected chi connectivity index (χ3v) is 5.79. The van der Waals surface area contributed by atoms with E-state index in [1.807, 2.05) is 32.3 Å². The van der Waals surface area contributed by atoms with E-state index in [2.05, 4.69) is 28.2 Å². The molecule has 0 saturated heterocycles. The van der Waals surface area contributed by atoms with Crippen LogP contribution in [0, 0.1) is 0 Å². The van der Waals surface area contributed by atoms with Crippen LogP contribution in [0.25, 0.3) is 10.9 Å². The molecule has 0 atom stereocenters. The Morgan fingerprint density at radius 1 is 1.14 bits per heavy atom. The summed E-state index contributed by atoms with van der Waals surface area (Å²) in [6.07, 6.45) is 6.64. The number of pyridine rings is 1. The van der Waals surface area contributed by atoms with Crippen LogP contribution in [0.1, 0.15) is 50.2 Å². The Morgan fingerprint density at radius 3 is 2.59 bits per heavy atom. The molecule has 1 aliphatic carbocycles. The standard InChI is InChI=1S/C23H34N4O2/c1-4-17-10-11-21-18(14-17)15-19(22(28)25-21)16-27(13-12-26(2)3)23(29)24-20-8-6-5-7-9-20/h10-11,14-15,20H,4-9,12-13,16H2,1-3H3,(H,24,29)(H,25,28). The van der Waals surface area contributed by atoms with Gasteiger partial charge in [-0.3, -0.25) is 4.79 Å². The molecule has 0 spiro atoms. The van der Waals surface area contributed by atoms with Crippen LogP contribution in [0.4, 0.5) is 4.79 Å². The van der Waals surface area contributed by atoms with Gasteiger partial charge in [0.05, 0.1) is 6.54 Å². The van der Waals surface area contributed by atoms with Crippen molar-refractivity contribution in [3.63, 3.8) is 0 Å². The maximum Gasteiger partial charge on any atom is 0.317 e. The van der Waals surface area contributed by atoms with Crippen molar-refractivity contribution in [3.05, 3.63) is 45.7 Å². The molecule has 29 heavy (non-hydrogen) atoms. The Kier molecular flexibility index (Phi) is 7.31. The first-order valence-corrected chi connectivity index (χ1v) is 10.8. The number of aryl methyl sites for hydroxylation is 1. The highest BCUT2D eigenvalue weighted by Gasteiger charge is 2.21. The number of benzene rings is 1. The molecule has 6 heteroatoms. The van der Waals surface area contributed by atoms with Crippen LogP contribution in [0.15, 0.2) is 29.1 Å². The van der Waals surface area contributed by atoms with Gasteiger partial charge in [0, 0.05) is 30.2 Å². The highest BCUT2D eigenvalue weighted by molar-refractivity contribution is 5.80. The summed E-state index contributed by atoms with van der Waals surface area (Å²) in [5.41, 5.74) is 2.57. The van der Waals surface area contributed by atoms with E-state index in [-0.39, 0.29) is 17.6 Å². The molecule has 0 unspecified atom stereocenters. The molecule has 1 fully saturated rings. The number of fused-ring (bicyclic) bond motifs is 1. The van der Waals surface area contributed by atoms with Crippen molar-refractivity contribution in [2.24, 2.45) is 0 Å². The zero-order chi connectivity index (χ0) is 20.8. The maximum atomic E-state index is 13.0. The minimum Gasteiger partial charge on any atom is -0.335 e. The smallest absolute Gasteiger partial charge is 0.317 e. The van der Waals surface area contributed by atoms with E-state index in [4.69, 9.17) is 0 Å². The second-order valence-electron chi connectivity index (χ2n) is 8.41. The average Bonchev–Trinajstić information content (AvgIpc) is 2.71. The lowest BCUT2D eigenvalue weighted by molar-refractivity contribution is 0.181. The van der Waals surface area contributed by atoms with Crippen LogP contribution in [0.2, 0.25) is 0 Å². The second-order valence-corrected chi connectivity index (χ2v) is 8.41. The SMILES string of the molecule is CCc1ccc2[nH]c(=O)c(CN(CCN(C)C)C(=O)NC3CCCCC3)cc2c1. The molecule has 1 saturated carbocycles. The molecule has 1 aromatic heterocycles. The lowest BCUT2D eigenvalue weighted by Crippen LogP contribution is -2.47. The van der Waals surface area contributed by atoms with Gasteiger partial charge in [0.1, 0.15) is 0 Å². The molecule has 3 rings (SSSR count). The second kappa shape index (κ2) is 9.92. The normalized spacial score (nSPS) is 15.0. The summed E-state index contributed by atoms with van der Waals surface area (Å²) in [6, 6.07) is 8.23. The first-order chi connectivity index (χ1) is 14.0. The van der Waals surface area contributed by atoms with E-state index in [1.54, 1.807) is 4.90 Å². The van der Waals surface area contributed by atoms with Crippen LogP contribution in [-0.2, 0) is 13.0 Å². The molecule has 1 aliphatic rings. The fourth-order valence-electron chi connectivity index (χ4n) is 3.93. The predicted molar refractivity (Wildman–Crippen MR) is 118 cm³/mol. The summed E-state index contributed by atoms with van der Waals surface area (Å²) in [5.74, 6) is 0. The van der Waals surface area contributed by atoms with Gasteiger partial charge in [-0.05, 0) is 62.5 Å².